The summed E-state index contributed by atoms with van der Waals surface area (Å²) >= 11 is 5.17. The van der Waals surface area contributed by atoms with E-state index in [9.17, 15) is 9.59 Å². The van der Waals surface area contributed by atoms with Crippen LogP contribution in [0, 0.1) is 0 Å². The Morgan fingerprint density at radius 3 is 2.70 bits per heavy atom. The van der Waals surface area contributed by atoms with Crippen LogP contribution in [-0.2, 0) is 11.3 Å². The van der Waals surface area contributed by atoms with Gasteiger partial charge in [0.2, 0.25) is 5.91 Å². The molecule has 0 unspecified atom stereocenters. The van der Waals surface area contributed by atoms with Gasteiger partial charge in [0, 0.05) is 17.7 Å². The highest BCUT2D eigenvalue weighted by molar-refractivity contribution is 7.80. The molecular formula is C20H25N3O3S. The average Bonchev–Trinajstić information content (AvgIpc) is 3.17. The molecule has 0 aliphatic heterocycles. The van der Waals surface area contributed by atoms with Gasteiger partial charge >= 0.3 is 0 Å². The van der Waals surface area contributed by atoms with Crippen LogP contribution in [0.5, 0.6) is 0 Å². The third-order valence-electron chi connectivity index (χ3n) is 3.90. The van der Waals surface area contributed by atoms with Crippen molar-refractivity contribution in [1.29, 1.82) is 0 Å². The average molecular weight is 388 g/mol. The first-order valence-corrected chi connectivity index (χ1v) is 9.50. The van der Waals surface area contributed by atoms with Crippen molar-refractivity contribution >= 4 is 34.8 Å². The molecule has 0 fully saturated rings. The number of hydrogen-bond acceptors (Lipinski definition) is 4. The topological polar surface area (TPSA) is 83.4 Å². The smallest absolute Gasteiger partial charge is 0.251 e. The fraction of sp³-hybridized carbons (Fsp3) is 0.350. The lowest BCUT2D eigenvalue weighted by Crippen LogP contribution is -2.34. The molecule has 0 spiro atoms. The van der Waals surface area contributed by atoms with Crippen LogP contribution in [-0.4, -0.2) is 16.9 Å². The Kier molecular flexibility index (Phi) is 8.51. The number of rotatable bonds is 9. The summed E-state index contributed by atoms with van der Waals surface area (Å²) in [6.07, 6.45) is 6.17. The van der Waals surface area contributed by atoms with Gasteiger partial charge in [0.05, 0.1) is 12.8 Å². The molecule has 0 radical (unpaired) electrons. The molecule has 1 aromatic heterocycles. The van der Waals surface area contributed by atoms with E-state index in [2.05, 4.69) is 22.9 Å². The maximum Gasteiger partial charge on any atom is 0.251 e. The van der Waals surface area contributed by atoms with Gasteiger partial charge in [-0.2, -0.15) is 0 Å². The molecule has 144 valence electrons. The monoisotopic (exact) mass is 387 g/mol. The summed E-state index contributed by atoms with van der Waals surface area (Å²) in [5, 5.41) is 8.62. The number of amides is 2. The van der Waals surface area contributed by atoms with E-state index in [1.54, 1.807) is 42.7 Å². The summed E-state index contributed by atoms with van der Waals surface area (Å²) in [7, 11) is 0. The van der Waals surface area contributed by atoms with Crippen molar-refractivity contribution in [2.75, 3.05) is 5.32 Å². The predicted octanol–water partition coefficient (Wildman–Crippen LogP) is 3.99. The second-order valence-electron chi connectivity index (χ2n) is 6.16. The van der Waals surface area contributed by atoms with E-state index in [1.165, 1.54) is 0 Å². The summed E-state index contributed by atoms with van der Waals surface area (Å²) in [4.78, 5) is 24.1. The van der Waals surface area contributed by atoms with Crippen LogP contribution in [0.15, 0.2) is 47.1 Å². The molecule has 3 N–H and O–H groups in total. The van der Waals surface area contributed by atoms with E-state index in [0.717, 1.165) is 25.7 Å². The number of thiocarbonyl (C=S) groups is 1. The maximum absolute atomic E-state index is 12.2. The van der Waals surface area contributed by atoms with Gasteiger partial charge in [-0.15, -0.1) is 0 Å². The van der Waals surface area contributed by atoms with Crippen molar-refractivity contribution in [2.24, 2.45) is 0 Å². The second-order valence-corrected chi connectivity index (χ2v) is 6.56. The number of carbonyl (C=O) groups excluding carboxylic acids is 2. The van der Waals surface area contributed by atoms with Crippen LogP contribution in [0.3, 0.4) is 0 Å². The molecule has 1 heterocycles. The van der Waals surface area contributed by atoms with Gasteiger partial charge in [-0.25, -0.2) is 0 Å². The SMILES string of the molecule is CCCCCCC(=O)NC(=S)Nc1cccc(C(=O)NCc2ccco2)c1. The zero-order valence-electron chi connectivity index (χ0n) is 15.4. The summed E-state index contributed by atoms with van der Waals surface area (Å²) in [6.45, 7) is 2.44. The molecule has 0 aliphatic carbocycles. The van der Waals surface area contributed by atoms with Gasteiger partial charge < -0.3 is 20.4 Å². The standard InChI is InChI=1S/C20H25N3O3S/c1-2-3-4-5-11-18(24)23-20(27)22-16-9-6-8-15(13-16)19(25)21-14-17-10-7-12-26-17/h6-10,12-13H,2-5,11,14H2,1H3,(H,21,25)(H2,22,23,24,27). The van der Waals surface area contributed by atoms with E-state index in [0.29, 0.717) is 30.0 Å². The molecule has 0 aliphatic rings. The molecule has 7 heteroatoms. The zero-order valence-corrected chi connectivity index (χ0v) is 16.2. The molecule has 2 amide bonds. The fourth-order valence-electron chi connectivity index (χ4n) is 2.48. The van der Waals surface area contributed by atoms with Crippen LogP contribution in [0.2, 0.25) is 0 Å². The lowest BCUT2D eigenvalue weighted by Gasteiger charge is -2.11. The number of nitrogens with one attached hydrogen (secondary N) is 3. The number of anilines is 1. The molecule has 0 saturated heterocycles. The molecule has 1 aromatic carbocycles. The summed E-state index contributed by atoms with van der Waals surface area (Å²) in [5.74, 6) is 0.359. The van der Waals surface area contributed by atoms with E-state index >= 15 is 0 Å². The van der Waals surface area contributed by atoms with Crippen molar-refractivity contribution in [3.05, 3.63) is 54.0 Å². The number of carbonyl (C=O) groups is 2. The maximum atomic E-state index is 12.2. The lowest BCUT2D eigenvalue weighted by molar-refractivity contribution is -0.119. The van der Waals surface area contributed by atoms with Crippen LogP contribution >= 0.6 is 12.2 Å². The van der Waals surface area contributed by atoms with Crippen molar-refractivity contribution in [2.45, 2.75) is 45.6 Å². The quantitative estimate of drug-likeness (QED) is 0.448. The van der Waals surface area contributed by atoms with Crippen molar-refractivity contribution in [3.8, 4) is 0 Å². The highest BCUT2D eigenvalue weighted by Crippen LogP contribution is 2.11. The molecule has 0 atom stereocenters. The van der Waals surface area contributed by atoms with Gasteiger partial charge in [0.1, 0.15) is 5.76 Å². The van der Waals surface area contributed by atoms with E-state index in [-0.39, 0.29) is 16.9 Å². The van der Waals surface area contributed by atoms with Crippen LogP contribution in [0.1, 0.15) is 55.1 Å². The first kappa shape index (κ1) is 20.6. The minimum atomic E-state index is -0.221. The van der Waals surface area contributed by atoms with E-state index < -0.39 is 0 Å². The number of benzene rings is 1. The van der Waals surface area contributed by atoms with Crippen molar-refractivity contribution < 1.29 is 14.0 Å². The third kappa shape index (κ3) is 7.62. The molecular weight excluding hydrogens is 362 g/mol. The minimum absolute atomic E-state index is 0.101. The van der Waals surface area contributed by atoms with Crippen molar-refractivity contribution in [3.63, 3.8) is 0 Å². The Morgan fingerprint density at radius 2 is 1.96 bits per heavy atom. The minimum Gasteiger partial charge on any atom is -0.467 e. The first-order valence-electron chi connectivity index (χ1n) is 9.10. The van der Waals surface area contributed by atoms with Crippen LogP contribution in [0.25, 0.3) is 0 Å². The third-order valence-corrected chi connectivity index (χ3v) is 4.10. The van der Waals surface area contributed by atoms with Crippen LogP contribution in [0.4, 0.5) is 5.69 Å². The molecule has 27 heavy (non-hydrogen) atoms. The fourth-order valence-corrected chi connectivity index (χ4v) is 2.72. The molecule has 2 aromatic rings. The van der Waals surface area contributed by atoms with Crippen molar-refractivity contribution in [1.82, 2.24) is 10.6 Å². The van der Waals surface area contributed by atoms with Gasteiger partial charge in [-0.1, -0.05) is 32.3 Å². The molecule has 0 bridgehead atoms. The lowest BCUT2D eigenvalue weighted by atomic mass is 10.1. The number of unbranched alkanes of at least 4 members (excludes halogenated alkanes) is 3. The Morgan fingerprint density at radius 1 is 1.11 bits per heavy atom. The zero-order chi connectivity index (χ0) is 19.5. The summed E-state index contributed by atoms with van der Waals surface area (Å²) in [6, 6.07) is 10.5. The highest BCUT2D eigenvalue weighted by Gasteiger charge is 2.09. The Hall–Kier alpha value is -2.67. The largest absolute Gasteiger partial charge is 0.467 e. The van der Waals surface area contributed by atoms with Crippen LogP contribution < -0.4 is 16.0 Å². The Labute approximate surface area is 164 Å². The highest BCUT2D eigenvalue weighted by atomic mass is 32.1. The molecule has 6 nitrogen and oxygen atoms in total. The van der Waals surface area contributed by atoms with Gasteiger partial charge in [0.25, 0.3) is 5.91 Å². The Bertz CT molecular complexity index is 760. The van der Waals surface area contributed by atoms with Gasteiger partial charge in [-0.3, -0.25) is 9.59 Å². The molecule has 2 rings (SSSR count). The Balaban J connectivity index is 1.80. The number of furan rings is 1. The summed E-state index contributed by atoms with van der Waals surface area (Å²) in [5.41, 5.74) is 1.12. The predicted molar refractivity (Wildman–Crippen MR) is 109 cm³/mol. The van der Waals surface area contributed by atoms with E-state index in [1.807, 2.05) is 0 Å². The summed E-state index contributed by atoms with van der Waals surface area (Å²) < 4.78 is 5.19. The number of hydrogen-bond donors (Lipinski definition) is 3. The second kappa shape index (κ2) is 11.1. The van der Waals surface area contributed by atoms with E-state index in [4.69, 9.17) is 16.6 Å². The normalized spacial score (nSPS) is 10.3. The van der Waals surface area contributed by atoms with Gasteiger partial charge in [-0.05, 0) is 49.0 Å². The molecule has 0 saturated carbocycles. The van der Waals surface area contributed by atoms with Gasteiger partial charge in [0.15, 0.2) is 5.11 Å². The first-order chi connectivity index (χ1) is 13.1.